The minimum absolute atomic E-state index is 0.238. The maximum atomic E-state index is 12.1. The molecule has 1 heterocycles. The molecule has 0 fully saturated rings. The van der Waals surface area contributed by atoms with E-state index in [1.54, 1.807) is 7.05 Å². The predicted molar refractivity (Wildman–Crippen MR) is 71.3 cm³/mol. The molecule has 0 unspecified atom stereocenters. The van der Waals surface area contributed by atoms with Gasteiger partial charge in [0.2, 0.25) is 5.88 Å². The highest BCUT2D eigenvalue weighted by Crippen LogP contribution is 2.14. The SMILES string of the molecule is CCCCc1c(OCCC)n(C)c(=O)n(C)c1=O. The van der Waals surface area contributed by atoms with E-state index in [2.05, 4.69) is 6.92 Å². The molecule has 0 aliphatic rings. The molecule has 0 saturated heterocycles. The Morgan fingerprint density at radius 3 is 2.28 bits per heavy atom. The van der Waals surface area contributed by atoms with Gasteiger partial charge in [0.05, 0.1) is 12.2 Å². The first-order valence-corrected chi connectivity index (χ1v) is 6.46. The molecule has 0 radical (unpaired) electrons. The highest BCUT2D eigenvalue weighted by molar-refractivity contribution is 5.24. The zero-order valence-corrected chi connectivity index (χ0v) is 11.7. The van der Waals surface area contributed by atoms with Gasteiger partial charge in [-0.3, -0.25) is 13.9 Å². The van der Waals surface area contributed by atoms with E-state index >= 15 is 0 Å². The Morgan fingerprint density at radius 1 is 1.06 bits per heavy atom. The molecule has 1 rings (SSSR count). The van der Waals surface area contributed by atoms with E-state index in [0.717, 1.165) is 23.8 Å². The van der Waals surface area contributed by atoms with Crippen LogP contribution in [0.2, 0.25) is 0 Å². The lowest BCUT2D eigenvalue weighted by atomic mass is 10.1. The first kappa shape index (κ1) is 14.5. The highest BCUT2D eigenvalue weighted by atomic mass is 16.5. The quantitative estimate of drug-likeness (QED) is 0.767. The number of aromatic nitrogens is 2. The number of nitrogens with zero attached hydrogens (tertiary/aromatic N) is 2. The van der Waals surface area contributed by atoms with Crippen molar-refractivity contribution in [3.8, 4) is 5.88 Å². The van der Waals surface area contributed by atoms with Crippen molar-refractivity contribution in [1.82, 2.24) is 9.13 Å². The Kier molecular flexibility index (Phi) is 5.19. The molecular formula is C13H22N2O3. The van der Waals surface area contributed by atoms with Gasteiger partial charge in [0.25, 0.3) is 5.56 Å². The van der Waals surface area contributed by atoms with Gasteiger partial charge in [0, 0.05) is 14.1 Å². The molecule has 102 valence electrons. The summed E-state index contributed by atoms with van der Waals surface area (Å²) in [5.74, 6) is 0.429. The average molecular weight is 254 g/mol. The van der Waals surface area contributed by atoms with Crippen molar-refractivity contribution in [1.29, 1.82) is 0 Å². The van der Waals surface area contributed by atoms with E-state index in [1.165, 1.54) is 11.6 Å². The van der Waals surface area contributed by atoms with Crippen LogP contribution >= 0.6 is 0 Å². The summed E-state index contributed by atoms with van der Waals surface area (Å²) in [6.07, 6.45) is 3.40. The molecular weight excluding hydrogens is 232 g/mol. The number of hydrogen-bond donors (Lipinski definition) is 0. The largest absolute Gasteiger partial charge is 0.478 e. The van der Waals surface area contributed by atoms with Crippen LogP contribution in [0.1, 0.15) is 38.7 Å². The minimum atomic E-state index is -0.341. The highest BCUT2D eigenvalue weighted by Gasteiger charge is 2.16. The lowest BCUT2D eigenvalue weighted by Gasteiger charge is -2.15. The van der Waals surface area contributed by atoms with Gasteiger partial charge >= 0.3 is 5.69 Å². The molecule has 0 atom stereocenters. The summed E-state index contributed by atoms with van der Waals surface area (Å²) in [6.45, 7) is 4.57. The molecule has 0 aliphatic carbocycles. The lowest BCUT2D eigenvalue weighted by molar-refractivity contribution is 0.282. The van der Waals surface area contributed by atoms with Crippen LogP contribution in [-0.2, 0) is 20.5 Å². The summed E-state index contributed by atoms with van der Waals surface area (Å²) in [5, 5.41) is 0. The smallest absolute Gasteiger partial charge is 0.333 e. The van der Waals surface area contributed by atoms with Gasteiger partial charge in [-0.15, -0.1) is 0 Å². The molecule has 5 heteroatoms. The fourth-order valence-electron chi connectivity index (χ4n) is 1.85. The molecule has 5 nitrogen and oxygen atoms in total. The van der Waals surface area contributed by atoms with Crippen LogP contribution in [0.15, 0.2) is 9.59 Å². The van der Waals surface area contributed by atoms with Gasteiger partial charge in [-0.25, -0.2) is 4.79 Å². The molecule has 0 aliphatic heterocycles. The third-order valence-electron chi connectivity index (χ3n) is 2.92. The van der Waals surface area contributed by atoms with Crippen LogP contribution in [0.25, 0.3) is 0 Å². The Bertz CT molecular complexity index is 514. The van der Waals surface area contributed by atoms with Gasteiger partial charge in [-0.1, -0.05) is 20.3 Å². The number of unbranched alkanes of at least 4 members (excludes halogenated alkanes) is 1. The van der Waals surface area contributed by atoms with Crippen LogP contribution in [0.3, 0.4) is 0 Å². The molecule has 0 saturated carbocycles. The Balaban J connectivity index is 3.34. The molecule has 0 amide bonds. The molecule has 1 aromatic heterocycles. The molecule has 0 bridgehead atoms. The Morgan fingerprint density at radius 2 is 1.72 bits per heavy atom. The van der Waals surface area contributed by atoms with E-state index < -0.39 is 0 Å². The van der Waals surface area contributed by atoms with E-state index in [-0.39, 0.29) is 11.2 Å². The van der Waals surface area contributed by atoms with Gasteiger partial charge in [0.15, 0.2) is 0 Å². The van der Waals surface area contributed by atoms with Crippen molar-refractivity contribution >= 4 is 0 Å². The van der Waals surface area contributed by atoms with E-state index in [0.29, 0.717) is 24.5 Å². The summed E-state index contributed by atoms with van der Waals surface area (Å²) in [6, 6.07) is 0. The van der Waals surface area contributed by atoms with Crippen LogP contribution < -0.4 is 16.0 Å². The van der Waals surface area contributed by atoms with Crippen LogP contribution in [0.5, 0.6) is 5.88 Å². The summed E-state index contributed by atoms with van der Waals surface area (Å²) >= 11 is 0. The molecule has 18 heavy (non-hydrogen) atoms. The number of hydrogen-bond acceptors (Lipinski definition) is 3. The topological polar surface area (TPSA) is 53.2 Å². The number of rotatable bonds is 6. The first-order valence-electron chi connectivity index (χ1n) is 6.46. The predicted octanol–water partition coefficient (Wildman–Crippen LogP) is 1.22. The summed E-state index contributed by atoms with van der Waals surface area (Å²) < 4.78 is 8.14. The summed E-state index contributed by atoms with van der Waals surface area (Å²) in [5.41, 5.74) is 0.0268. The number of ether oxygens (including phenoxy) is 1. The standard InChI is InChI=1S/C13H22N2O3/c1-5-7-8-10-11(16)14(3)13(17)15(4)12(10)18-9-6-2/h5-9H2,1-4H3. The van der Waals surface area contributed by atoms with Crippen molar-refractivity contribution in [3.05, 3.63) is 26.4 Å². The minimum Gasteiger partial charge on any atom is -0.478 e. The van der Waals surface area contributed by atoms with Crippen molar-refractivity contribution in [2.45, 2.75) is 39.5 Å². The molecule has 0 N–H and O–H groups in total. The maximum Gasteiger partial charge on any atom is 0.333 e. The normalized spacial score (nSPS) is 10.7. The maximum absolute atomic E-state index is 12.1. The monoisotopic (exact) mass is 254 g/mol. The third-order valence-corrected chi connectivity index (χ3v) is 2.92. The van der Waals surface area contributed by atoms with Crippen molar-refractivity contribution in [3.63, 3.8) is 0 Å². The van der Waals surface area contributed by atoms with Crippen molar-refractivity contribution in [2.24, 2.45) is 14.1 Å². The van der Waals surface area contributed by atoms with Crippen LogP contribution in [0, 0.1) is 0 Å². The van der Waals surface area contributed by atoms with Gasteiger partial charge in [-0.05, 0) is 19.3 Å². The van der Waals surface area contributed by atoms with E-state index in [1.807, 2.05) is 6.92 Å². The molecule has 0 spiro atoms. The van der Waals surface area contributed by atoms with E-state index in [4.69, 9.17) is 4.74 Å². The molecule has 1 aromatic rings. The van der Waals surface area contributed by atoms with Gasteiger partial charge in [0.1, 0.15) is 0 Å². The fraction of sp³-hybridized carbons (Fsp3) is 0.692. The van der Waals surface area contributed by atoms with Crippen molar-refractivity contribution < 1.29 is 4.74 Å². The second kappa shape index (κ2) is 6.42. The zero-order chi connectivity index (χ0) is 13.7. The third kappa shape index (κ3) is 2.83. The summed E-state index contributed by atoms with van der Waals surface area (Å²) in [4.78, 5) is 23.9. The van der Waals surface area contributed by atoms with Crippen LogP contribution in [0.4, 0.5) is 0 Å². The zero-order valence-electron chi connectivity index (χ0n) is 11.7. The van der Waals surface area contributed by atoms with Gasteiger partial charge < -0.3 is 4.74 Å². The lowest BCUT2D eigenvalue weighted by Crippen LogP contribution is -2.39. The average Bonchev–Trinajstić information content (AvgIpc) is 2.38. The second-order valence-electron chi connectivity index (χ2n) is 4.44. The Hall–Kier alpha value is -1.52. The van der Waals surface area contributed by atoms with E-state index in [9.17, 15) is 9.59 Å². The first-order chi connectivity index (χ1) is 8.54. The molecule has 0 aromatic carbocycles. The van der Waals surface area contributed by atoms with Gasteiger partial charge in [-0.2, -0.15) is 0 Å². The second-order valence-corrected chi connectivity index (χ2v) is 4.44. The Labute approximate surface area is 107 Å². The van der Waals surface area contributed by atoms with Crippen LogP contribution in [-0.4, -0.2) is 15.7 Å². The summed E-state index contributed by atoms with van der Waals surface area (Å²) in [7, 11) is 3.14. The fourth-order valence-corrected chi connectivity index (χ4v) is 1.85. The van der Waals surface area contributed by atoms with Crippen molar-refractivity contribution in [2.75, 3.05) is 6.61 Å².